The fraction of sp³-hybridized carbons (Fsp3) is 0.214. The normalized spacial score (nSPS) is 11.7. The van der Waals surface area contributed by atoms with Crippen LogP contribution in [0.25, 0.3) is 0 Å². The first-order chi connectivity index (χ1) is 10.7. The molecule has 0 atom stereocenters. The van der Waals surface area contributed by atoms with E-state index in [4.69, 9.17) is 16.0 Å². The summed E-state index contributed by atoms with van der Waals surface area (Å²) in [5.74, 6) is -0.665. The van der Waals surface area contributed by atoms with Gasteiger partial charge in [-0.3, -0.25) is 0 Å². The largest absolute Gasteiger partial charge is 0.478 e. The highest BCUT2D eigenvalue weighted by molar-refractivity contribution is 7.89. The molecule has 7 nitrogen and oxygen atoms in total. The summed E-state index contributed by atoms with van der Waals surface area (Å²) in [6, 6.07) is 5.75. The van der Waals surface area contributed by atoms with Gasteiger partial charge >= 0.3 is 5.97 Å². The van der Waals surface area contributed by atoms with Crippen LogP contribution >= 0.6 is 11.6 Å². The van der Waals surface area contributed by atoms with Crippen LogP contribution in [0.2, 0.25) is 5.02 Å². The van der Waals surface area contributed by atoms with E-state index in [0.29, 0.717) is 5.76 Å². The lowest BCUT2D eigenvalue weighted by Gasteiger charge is -2.16. The number of carboxylic acids is 1. The Bertz CT molecular complexity index is 816. The van der Waals surface area contributed by atoms with Crippen molar-refractivity contribution in [2.24, 2.45) is 0 Å². The Labute approximate surface area is 138 Å². The van der Waals surface area contributed by atoms with E-state index in [2.05, 4.69) is 5.32 Å². The van der Waals surface area contributed by atoms with Gasteiger partial charge < -0.3 is 14.8 Å². The molecular weight excluding hydrogens is 344 g/mol. The maximum absolute atomic E-state index is 12.2. The number of benzene rings is 1. The molecule has 0 aliphatic heterocycles. The smallest absolute Gasteiger partial charge is 0.337 e. The molecule has 0 amide bonds. The standard InChI is InChI=1S/C14H15ClN2O5S/c1-17(2)23(20,21)13-6-10(14(18)19)12(7-11(13)15)16-8-9-4-3-5-22-9/h3-7,16H,8H2,1-2H3,(H,18,19). The minimum absolute atomic E-state index is 0.0642. The van der Waals surface area contributed by atoms with E-state index in [1.165, 1.54) is 26.4 Å². The van der Waals surface area contributed by atoms with Crippen molar-refractivity contribution in [1.82, 2.24) is 4.31 Å². The Morgan fingerprint density at radius 3 is 2.61 bits per heavy atom. The number of nitrogens with zero attached hydrogens (tertiary/aromatic N) is 1. The van der Waals surface area contributed by atoms with Gasteiger partial charge in [0.2, 0.25) is 10.0 Å². The van der Waals surface area contributed by atoms with Crippen LogP contribution in [0.1, 0.15) is 16.1 Å². The van der Waals surface area contributed by atoms with Gasteiger partial charge in [0.1, 0.15) is 10.7 Å². The lowest BCUT2D eigenvalue weighted by molar-refractivity contribution is 0.0697. The topological polar surface area (TPSA) is 99.9 Å². The molecule has 23 heavy (non-hydrogen) atoms. The first-order valence-electron chi connectivity index (χ1n) is 6.49. The highest BCUT2D eigenvalue weighted by atomic mass is 35.5. The number of aromatic carboxylic acids is 1. The molecule has 0 saturated carbocycles. The number of hydrogen-bond donors (Lipinski definition) is 2. The van der Waals surface area contributed by atoms with Crippen LogP contribution in [0.5, 0.6) is 0 Å². The molecule has 0 aliphatic carbocycles. The van der Waals surface area contributed by atoms with Gasteiger partial charge in [-0.15, -0.1) is 0 Å². The zero-order valence-electron chi connectivity index (χ0n) is 12.4. The third kappa shape index (κ3) is 3.66. The van der Waals surface area contributed by atoms with Crippen molar-refractivity contribution in [2.75, 3.05) is 19.4 Å². The second-order valence-electron chi connectivity index (χ2n) is 4.85. The van der Waals surface area contributed by atoms with Crippen molar-refractivity contribution >= 4 is 33.3 Å². The lowest BCUT2D eigenvalue weighted by atomic mass is 10.1. The van der Waals surface area contributed by atoms with Gasteiger partial charge in [-0.1, -0.05) is 11.6 Å². The first kappa shape index (κ1) is 17.3. The van der Waals surface area contributed by atoms with E-state index in [1.807, 2.05) is 0 Å². The molecule has 9 heteroatoms. The molecule has 1 aromatic heterocycles. The van der Waals surface area contributed by atoms with Gasteiger partial charge in [0.25, 0.3) is 0 Å². The van der Waals surface area contributed by atoms with E-state index in [9.17, 15) is 18.3 Å². The number of carboxylic acid groups (broad SMARTS) is 1. The molecule has 124 valence electrons. The maximum Gasteiger partial charge on any atom is 0.337 e. The van der Waals surface area contributed by atoms with Gasteiger partial charge in [-0.05, 0) is 24.3 Å². The van der Waals surface area contributed by atoms with E-state index in [-0.39, 0.29) is 27.7 Å². The van der Waals surface area contributed by atoms with Crippen molar-refractivity contribution < 1.29 is 22.7 Å². The zero-order valence-corrected chi connectivity index (χ0v) is 14.0. The maximum atomic E-state index is 12.2. The predicted molar refractivity (Wildman–Crippen MR) is 85.3 cm³/mol. The number of anilines is 1. The van der Waals surface area contributed by atoms with E-state index in [0.717, 1.165) is 10.4 Å². The predicted octanol–water partition coefficient (Wildman–Crippen LogP) is 2.49. The monoisotopic (exact) mass is 358 g/mol. The van der Waals surface area contributed by atoms with Crippen LogP contribution in [0, 0.1) is 0 Å². The van der Waals surface area contributed by atoms with Crippen molar-refractivity contribution in [2.45, 2.75) is 11.4 Å². The first-order valence-corrected chi connectivity index (χ1v) is 8.31. The number of carbonyl (C=O) groups is 1. The number of hydrogen-bond acceptors (Lipinski definition) is 5. The zero-order chi connectivity index (χ0) is 17.2. The van der Waals surface area contributed by atoms with E-state index in [1.54, 1.807) is 12.1 Å². The molecule has 2 aromatic rings. The van der Waals surface area contributed by atoms with Crippen molar-refractivity contribution in [3.63, 3.8) is 0 Å². The summed E-state index contributed by atoms with van der Waals surface area (Å²) in [5.41, 5.74) is 0.0120. The molecule has 0 radical (unpaired) electrons. The molecule has 0 fully saturated rings. The van der Waals surface area contributed by atoms with Crippen molar-refractivity contribution in [3.8, 4) is 0 Å². The minimum Gasteiger partial charge on any atom is -0.478 e. The van der Waals surface area contributed by atoms with Crippen LogP contribution in [0.15, 0.2) is 39.8 Å². The molecular formula is C14H15ClN2O5S. The van der Waals surface area contributed by atoms with Crippen LogP contribution in [0.3, 0.4) is 0 Å². The lowest BCUT2D eigenvalue weighted by Crippen LogP contribution is -2.23. The molecule has 0 spiro atoms. The molecule has 2 rings (SSSR count). The van der Waals surface area contributed by atoms with Crippen LogP contribution in [-0.2, 0) is 16.6 Å². The summed E-state index contributed by atoms with van der Waals surface area (Å²) < 4.78 is 30.5. The number of nitrogens with one attached hydrogen (secondary N) is 1. The molecule has 0 aliphatic rings. The number of rotatable bonds is 6. The Balaban J connectivity index is 2.44. The van der Waals surface area contributed by atoms with Gasteiger partial charge in [0.05, 0.1) is 29.1 Å². The Morgan fingerprint density at radius 2 is 2.09 bits per heavy atom. The molecule has 0 bridgehead atoms. The second-order valence-corrected chi connectivity index (χ2v) is 7.38. The summed E-state index contributed by atoms with van der Waals surface area (Å²) in [7, 11) is -1.16. The average molecular weight is 359 g/mol. The summed E-state index contributed by atoms with van der Waals surface area (Å²) >= 11 is 6.03. The van der Waals surface area contributed by atoms with Crippen molar-refractivity contribution in [3.05, 3.63) is 46.9 Å². The third-order valence-electron chi connectivity index (χ3n) is 3.09. The molecule has 0 saturated heterocycles. The summed E-state index contributed by atoms with van der Waals surface area (Å²) in [5, 5.41) is 12.1. The summed E-state index contributed by atoms with van der Waals surface area (Å²) in [6.07, 6.45) is 1.49. The molecule has 1 heterocycles. The quantitative estimate of drug-likeness (QED) is 0.822. The summed E-state index contributed by atoms with van der Waals surface area (Å²) in [6.45, 7) is 0.239. The highest BCUT2D eigenvalue weighted by Crippen LogP contribution is 2.30. The SMILES string of the molecule is CN(C)S(=O)(=O)c1cc(C(=O)O)c(NCc2ccco2)cc1Cl. The van der Waals surface area contributed by atoms with Crippen LogP contribution in [0.4, 0.5) is 5.69 Å². The number of furan rings is 1. The Morgan fingerprint density at radius 1 is 1.39 bits per heavy atom. The van der Waals surface area contributed by atoms with Gasteiger partial charge in [0, 0.05) is 14.1 Å². The highest BCUT2D eigenvalue weighted by Gasteiger charge is 2.24. The number of sulfonamides is 1. The molecule has 2 N–H and O–H groups in total. The van der Waals surface area contributed by atoms with Crippen LogP contribution in [-0.4, -0.2) is 37.9 Å². The average Bonchev–Trinajstić information content (AvgIpc) is 2.97. The minimum atomic E-state index is -3.85. The fourth-order valence-corrected chi connectivity index (χ4v) is 3.29. The van der Waals surface area contributed by atoms with Gasteiger partial charge in [-0.25, -0.2) is 17.5 Å². The van der Waals surface area contributed by atoms with Gasteiger partial charge in [-0.2, -0.15) is 0 Å². The van der Waals surface area contributed by atoms with Gasteiger partial charge in [0.15, 0.2) is 0 Å². The van der Waals surface area contributed by atoms with Crippen LogP contribution < -0.4 is 5.32 Å². The summed E-state index contributed by atoms with van der Waals surface area (Å²) in [4.78, 5) is 11.2. The van der Waals surface area contributed by atoms with E-state index < -0.39 is 16.0 Å². The number of halogens is 1. The Hall–Kier alpha value is -2.03. The fourth-order valence-electron chi connectivity index (χ4n) is 1.87. The second kappa shape index (κ2) is 6.61. The molecule has 0 unspecified atom stereocenters. The van der Waals surface area contributed by atoms with Crippen molar-refractivity contribution in [1.29, 1.82) is 0 Å². The third-order valence-corrected chi connectivity index (χ3v) is 5.37. The van der Waals surface area contributed by atoms with E-state index >= 15 is 0 Å². The Kier molecular flexibility index (Phi) is 4.98. The molecule has 1 aromatic carbocycles.